The topological polar surface area (TPSA) is 44.8 Å². The van der Waals surface area contributed by atoms with Gasteiger partial charge in [-0.15, -0.1) is 24.8 Å². The first-order chi connectivity index (χ1) is 12.2. The van der Waals surface area contributed by atoms with Crippen molar-refractivity contribution in [1.29, 1.82) is 0 Å². The molecule has 0 unspecified atom stereocenters. The van der Waals surface area contributed by atoms with E-state index in [1.165, 1.54) is 5.69 Å². The van der Waals surface area contributed by atoms with Gasteiger partial charge in [0.2, 0.25) is 5.91 Å². The molecule has 2 aliphatic rings. The summed E-state index contributed by atoms with van der Waals surface area (Å²) in [5.74, 6) is 0.302. The second-order valence-corrected chi connectivity index (χ2v) is 7.43. The smallest absolute Gasteiger partial charge is 0.231 e. The van der Waals surface area contributed by atoms with E-state index in [0.29, 0.717) is 18.6 Å². The molecule has 0 saturated carbocycles. The third kappa shape index (κ3) is 5.50. The Morgan fingerprint density at radius 3 is 2.33 bits per heavy atom. The quantitative estimate of drug-likeness (QED) is 0.799. The van der Waals surface area contributed by atoms with E-state index in [-0.39, 0.29) is 30.2 Å². The fraction of sp³-hybridized carbons (Fsp3) is 0.650. The molecule has 1 aromatic rings. The van der Waals surface area contributed by atoms with Crippen molar-refractivity contribution in [3.8, 4) is 0 Å². The molecule has 1 aromatic carbocycles. The van der Waals surface area contributed by atoms with Gasteiger partial charge in [0.1, 0.15) is 0 Å². The molecule has 1 amide bonds. The molecule has 7 heteroatoms. The van der Waals surface area contributed by atoms with Crippen LogP contribution in [0.1, 0.15) is 25.7 Å². The maximum Gasteiger partial charge on any atom is 0.231 e. The summed E-state index contributed by atoms with van der Waals surface area (Å²) in [6, 6.07) is 11.0. The van der Waals surface area contributed by atoms with Crippen LogP contribution in [0.25, 0.3) is 0 Å². The molecule has 154 valence electrons. The second kappa shape index (κ2) is 11.1. The van der Waals surface area contributed by atoms with E-state index < -0.39 is 0 Å². The van der Waals surface area contributed by atoms with Crippen LogP contribution in [0.5, 0.6) is 0 Å². The van der Waals surface area contributed by atoms with Crippen molar-refractivity contribution in [1.82, 2.24) is 10.2 Å². The highest BCUT2D eigenvalue weighted by molar-refractivity contribution is 5.85. The van der Waals surface area contributed by atoms with E-state index in [0.717, 1.165) is 51.9 Å². The van der Waals surface area contributed by atoms with E-state index in [4.69, 9.17) is 4.74 Å². The predicted octanol–water partition coefficient (Wildman–Crippen LogP) is 2.97. The molecular weight excluding hydrogens is 385 g/mol. The number of nitrogens with one attached hydrogen (secondary N) is 1. The number of rotatable bonds is 5. The van der Waals surface area contributed by atoms with E-state index >= 15 is 0 Å². The van der Waals surface area contributed by atoms with Crippen molar-refractivity contribution in [2.75, 3.05) is 51.8 Å². The Morgan fingerprint density at radius 1 is 1.19 bits per heavy atom. The molecule has 2 fully saturated rings. The Bertz CT molecular complexity index is 554. The van der Waals surface area contributed by atoms with E-state index in [2.05, 4.69) is 46.4 Å². The zero-order valence-electron chi connectivity index (χ0n) is 16.4. The highest BCUT2D eigenvalue weighted by Crippen LogP contribution is 2.33. The molecule has 5 nitrogen and oxygen atoms in total. The van der Waals surface area contributed by atoms with Crippen molar-refractivity contribution in [2.45, 2.75) is 31.7 Å². The standard InChI is InChI=1S/C20H31N3O2.2ClH/c1-22(17-6-4-3-5-7-17)18-8-14-23(15-9-18)19(24)20(16-25-2)10-12-21-13-11-20;;/h3-7,18,21H,8-16H2,1-2H3;2*1H. The number of benzene rings is 1. The van der Waals surface area contributed by atoms with Gasteiger partial charge in [0.05, 0.1) is 12.0 Å². The molecule has 0 radical (unpaired) electrons. The molecular formula is C20H33Cl2N3O2. The fourth-order valence-corrected chi connectivity index (χ4v) is 4.27. The van der Waals surface area contributed by atoms with Gasteiger partial charge in [0, 0.05) is 39.0 Å². The number of ether oxygens (including phenoxy) is 1. The predicted molar refractivity (Wildman–Crippen MR) is 115 cm³/mol. The Balaban J connectivity index is 0.00000182. The summed E-state index contributed by atoms with van der Waals surface area (Å²) in [4.78, 5) is 17.7. The monoisotopic (exact) mass is 417 g/mol. The largest absolute Gasteiger partial charge is 0.384 e. The number of hydrogen-bond donors (Lipinski definition) is 1. The van der Waals surface area contributed by atoms with Crippen LogP contribution in [-0.4, -0.2) is 63.8 Å². The summed E-state index contributed by atoms with van der Waals surface area (Å²) in [6.07, 6.45) is 3.81. The van der Waals surface area contributed by atoms with Crippen LogP contribution >= 0.6 is 24.8 Å². The number of para-hydroxylation sites is 1. The number of carbonyl (C=O) groups is 1. The number of nitrogens with zero attached hydrogens (tertiary/aromatic N) is 2. The number of carbonyl (C=O) groups excluding carboxylic acids is 1. The van der Waals surface area contributed by atoms with Crippen molar-refractivity contribution >= 4 is 36.4 Å². The minimum atomic E-state index is -0.321. The minimum Gasteiger partial charge on any atom is -0.384 e. The molecule has 0 atom stereocenters. The van der Waals surface area contributed by atoms with E-state index in [1.54, 1.807) is 7.11 Å². The van der Waals surface area contributed by atoms with Crippen LogP contribution in [0.2, 0.25) is 0 Å². The first-order valence-electron chi connectivity index (χ1n) is 9.43. The first-order valence-corrected chi connectivity index (χ1v) is 9.43. The van der Waals surface area contributed by atoms with Crippen LogP contribution in [0, 0.1) is 5.41 Å². The summed E-state index contributed by atoms with van der Waals surface area (Å²) in [5.41, 5.74) is 0.930. The van der Waals surface area contributed by atoms with Gasteiger partial charge in [-0.25, -0.2) is 0 Å². The number of anilines is 1. The molecule has 27 heavy (non-hydrogen) atoms. The van der Waals surface area contributed by atoms with Gasteiger partial charge < -0.3 is 19.9 Å². The van der Waals surface area contributed by atoms with Crippen molar-refractivity contribution in [3.05, 3.63) is 30.3 Å². The molecule has 2 heterocycles. The Hall–Kier alpha value is -1.01. The van der Waals surface area contributed by atoms with Crippen molar-refractivity contribution in [3.63, 3.8) is 0 Å². The Labute approximate surface area is 175 Å². The van der Waals surface area contributed by atoms with Crippen molar-refractivity contribution < 1.29 is 9.53 Å². The molecule has 1 N–H and O–H groups in total. The minimum absolute atomic E-state index is 0. The van der Waals surface area contributed by atoms with Gasteiger partial charge in [0.15, 0.2) is 0 Å². The highest BCUT2D eigenvalue weighted by Gasteiger charge is 2.43. The van der Waals surface area contributed by atoms with Crippen LogP contribution in [0.15, 0.2) is 30.3 Å². The fourth-order valence-electron chi connectivity index (χ4n) is 4.27. The molecule has 2 aliphatic heterocycles. The van der Waals surface area contributed by atoms with Crippen LogP contribution in [-0.2, 0) is 9.53 Å². The normalized spacial score (nSPS) is 19.6. The van der Waals surface area contributed by atoms with Crippen molar-refractivity contribution in [2.24, 2.45) is 5.41 Å². The van der Waals surface area contributed by atoms with Gasteiger partial charge in [-0.3, -0.25) is 4.79 Å². The third-order valence-corrected chi connectivity index (χ3v) is 5.90. The van der Waals surface area contributed by atoms with Crippen LogP contribution in [0.3, 0.4) is 0 Å². The lowest BCUT2D eigenvalue weighted by atomic mass is 9.78. The summed E-state index contributed by atoms with van der Waals surface area (Å²) in [7, 11) is 3.87. The van der Waals surface area contributed by atoms with Gasteiger partial charge in [-0.05, 0) is 50.9 Å². The lowest BCUT2D eigenvalue weighted by molar-refractivity contribution is -0.148. The Kier molecular flexibility index (Phi) is 9.88. The molecule has 3 rings (SSSR count). The number of amides is 1. The van der Waals surface area contributed by atoms with Crippen LogP contribution < -0.4 is 10.2 Å². The number of methoxy groups -OCH3 is 1. The number of piperidine rings is 2. The summed E-state index contributed by atoms with van der Waals surface area (Å²) >= 11 is 0. The average molecular weight is 418 g/mol. The molecule has 0 aliphatic carbocycles. The highest BCUT2D eigenvalue weighted by atomic mass is 35.5. The zero-order valence-corrected chi connectivity index (χ0v) is 18.0. The molecule has 0 aromatic heterocycles. The number of likely N-dealkylation sites (tertiary alicyclic amines) is 1. The number of hydrogen-bond acceptors (Lipinski definition) is 4. The maximum absolute atomic E-state index is 13.2. The summed E-state index contributed by atoms with van der Waals surface area (Å²) < 4.78 is 5.43. The van der Waals surface area contributed by atoms with E-state index in [1.807, 2.05) is 6.07 Å². The lowest BCUT2D eigenvalue weighted by Gasteiger charge is -2.43. The molecule has 2 saturated heterocycles. The van der Waals surface area contributed by atoms with E-state index in [9.17, 15) is 4.79 Å². The SMILES string of the molecule is COCC1(C(=O)N2CCC(N(C)c3ccccc3)CC2)CCNCC1.Cl.Cl. The summed E-state index contributed by atoms with van der Waals surface area (Å²) in [5, 5.41) is 3.36. The lowest BCUT2D eigenvalue weighted by Crippen LogP contribution is -2.54. The summed E-state index contributed by atoms with van der Waals surface area (Å²) in [6.45, 7) is 4.04. The zero-order chi connectivity index (χ0) is 17.7. The first kappa shape index (κ1) is 24.0. The van der Waals surface area contributed by atoms with Gasteiger partial charge >= 0.3 is 0 Å². The third-order valence-electron chi connectivity index (χ3n) is 5.90. The van der Waals surface area contributed by atoms with Crippen LogP contribution in [0.4, 0.5) is 5.69 Å². The number of halogens is 2. The second-order valence-electron chi connectivity index (χ2n) is 7.43. The molecule has 0 spiro atoms. The maximum atomic E-state index is 13.2. The molecule has 0 bridgehead atoms. The average Bonchev–Trinajstić information content (AvgIpc) is 2.68. The van der Waals surface area contributed by atoms with Gasteiger partial charge in [0.25, 0.3) is 0 Å². The Morgan fingerprint density at radius 2 is 1.78 bits per heavy atom. The van der Waals surface area contributed by atoms with Gasteiger partial charge in [-0.1, -0.05) is 18.2 Å². The van der Waals surface area contributed by atoms with Gasteiger partial charge in [-0.2, -0.15) is 0 Å².